The van der Waals surface area contributed by atoms with Crippen molar-refractivity contribution in [3.8, 4) is 0 Å². The summed E-state index contributed by atoms with van der Waals surface area (Å²) in [6.45, 7) is 11.1. The molecular weight excluding hydrogens is 316 g/mol. The number of carbonyl (C=O) groups excluding carboxylic acids is 1. The van der Waals surface area contributed by atoms with Gasteiger partial charge in [0, 0.05) is 20.1 Å². The molecule has 140 valence electrons. The van der Waals surface area contributed by atoms with Gasteiger partial charge in [-0.15, -0.1) is 0 Å². The second-order valence-electron chi connectivity index (χ2n) is 7.34. The summed E-state index contributed by atoms with van der Waals surface area (Å²) in [6.07, 6.45) is -0.437. The topological polar surface area (TPSA) is 74.8 Å². The van der Waals surface area contributed by atoms with Crippen molar-refractivity contribution < 1.29 is 9.53 Å². The highest BCUT2D eigenvalue weighted by Crippen LogP contribution is 2.14. The van der Waals surface area contributed by atoms with Gasteiger partial charge in [0.15, 0.2) is 5.96 Å². The third-order valence-electron chi connectivity index (χ3n) is 3.27. The molecule has 0 saturated carbocycles. The number of rotatable bonds is 6. The summed E-state index contributed by atoms with van der Waals surface area (Å²) in [7, 11) is 1.73. The van der Waals surface area contributed by atoms with Crippen LogP contribution in [0.25, 0.3) is 0 Å². The van der Waals surface area contributed by atoms with Crippen LogP contribution in [0.3, 0.4) is 0 Å². The van der Waals surface area contributed by atoms with Crippen LogP contribution in [0.2, 0.25) is 0 Å². The fourth-order valence-corrected chi connectivity index (χ4v) is 2.11. The minimum atomic E-state index is -0.534. The molecule has 0 bridgehead atoms. The number of nitrogens with zero attached hydrogens (tertiary/aromatic N) is 1. The quantitative estimate of drug-likeness (QED) is 0.545. The van der Waals surface area contributed by atoms with Crippen molar-refractivity contribution in [3.63, 3.8) is 0 Å². The zero-order valence-corrected chi connectivity index (χ0v) is 16.2. The van der Waals surface area contributed by atoms with Crippen LogP contribution < -0.4 is 16.0 Å². The Hall–Kier alpha value is -2.24. The first-order chi connectivity index (χ1) is 11.7. The summed E-state index contributed by atoms with van der Waals surface area (Å²) >= 11 is 0. The number of aliphatic imine (C=N–C) groups is 1. The Kier molecular flexibility index (Phi) is 8.25. The standard InChI is InChI=1S/C19H32N4O2/c1-14(2)12-21-17(20-6)22-13-16(15-10-8-7-9-11-15)23-18(24)25-19(3,4)5/h7-11,14,16H,12-13H2,1-6H3,(H,23,24)(H2,20,21,22). The van der Waals surface area contributed by atoms with Gasteiger partial charge < -0.3 is 20.7 Å². The molecule has 0 aliphatic carbocycles. The van der Waals surface area contributed by atoms with Crippen LogP contribution in [0.4, 0.5) is 4.79 Å². The maximum atomic E-state index is 12.2. The van der Waals surface area contributed by atoms with Gasteiger partial charge in [-0.25, -0.2) is 4.79 Å². The molecule has 0 heterocycles. The summed E-state index contributed by atoms with van der Waals surface area (Å²) < 4.78 is 5.38. The third-order valence-corrected chi connectivity index (χ3v) is 3.27. The maximum absolute atomic E-state index is 12.2. The Morgan fingerprint density at radius 3 is 2.24 bits per heavy atom. The molecule has 0 spiro atoms. The molecule has 0 aromatic heterocycles. The highest BCUT2D eigenvalue weighted by Gasteiger charge is 2.20. The zero-order chi connectivity index (χ0) is 18.9. The number of guanidine groups is 1. The molecule has 1 rings (SSSR count). The van der Waals surface area contributed by atoms with Gasteiger partial charge in [-0.1, -0.05) is 44.2 Å². The highest BCUT2D eigenvalue weighted by atomic mass is 16.6. The number of benzene rings is 1. The van der Waals surface area contributed by atoms with E-state index in [0.29, 0.717) is 18.4 Å². The molecule has 0 aliphatic heterocycles. The Labute approximate surface area is 151 Å². The number of ether oxygens (including phenoxy) is 1. The van der Waals surface area contributed by atoms with Gasteiger partial charge in [-0.3, -0.25) is 4.99 Å². The lowest BCUT2D eigenvalue weighted by molar-refractivity contribution is 0.0504. The predicted octanol–water partition coefficient (Wildman–Crippen LogP) is 3.07. The number of nitrogens with one attached hydrogen (secondary N) is 3. The summed E-state index contributed by atoms with van der Waals surface area (Å²) in [4.78, 5) is 16.4. The second-order valence-corrected chi connectivity index (χ2v) is 7.34. The van der Waals surface area contributed by atoms with E-state index in [1.54, 1.807) is 7.05 Å². The summed E-state index contributed by atoms with van der Waals surface area (Å²) in [5.41, 5.74) is 0.466. The van der Waals surface area contributed by atoms with Gasteiger partial charge in [-0.05, 0) is 32.3 Å². The van der Waals surface area contributed by atoms with E-state index in [1.807, 2.05) is 51.1 Å². The molecule has 25 heavy (non-hydrogen) atoms. The molecule has 3 N–H and O–H groups in total. The van der Waals surface area contributed by atoms with Crippen LogP contribution in [-0.4, -0.2) is 37.8 Å². The zero-order valence-electron chi connectivity index (χ0n) is 16.2. The lowest BCUT2D eigenvalue weighted by Crippen LogP contribution is -2.44. The Bertz CT molecular complexity index is 550. The van der Waals surface area contributed by atoms with Crippen LogP contribution in [0, 0.1) is 5.92 Å². The van der Waals surface area contributed by atoms with E-state index >= 15 is 0 Å². The van der Waals surface area contributed by atoms with Crippen molar-refractivity contribution in [2.45, 2.75) is 46.3 Å². The minimum Gasteiger partial charge on any atom is -0.444 e. The van der Waals surface area contributed by atoms with Crippen LogP contribution in [0.15, 0.2) is 35.3 Å². The summed E-state index contributed by atoms with van der Waals surface area (Å²) in [6, 6.07) is 9.58. The van der Waals surface area contributed by atoms with E-state index in [9.17, 15) is 4.79 Å². The first kappa shape index (κ1) is 20.8. The van der Waals surface area contributed by atoms with Crippen molar-refractivity contribution in [1.29, 1.82) is 0 Å². The summed E-state index contributed by atoms with van der Waals surface area (Å²) in [5, 5.41) is 9.45. The Morgan fingerprint density at radius 2 is 1.72 bits per heavy atom. The molecule has 6 heteroatoms. The predicted molar refractivity (Wildman–Crippen MR) is 103 cm³/mol. The van der Waals surface area contributed by atoms with Gasteiger partial charge in [0.1, 0.15) is 5.60 Å². The fourth-order valence-electron chi connectivity index (χ4n) is 2.11. The second kappa shape index (κ2) is 9.91. The number of carbonyl (C=O) groups is 1. The van der Waals surface area contributed by atoms with E-state index in [4.69, 9.17) is 4.74 Å². The van der Waals surface area contributed by atoms with Crippen LogP contribution in [-0.2, 0) is 4.74 Å². The number of amides is 1. The molecule has 0 radical (unpaired) electrons. The van der Waals surface area contributed by atoms with E-state index in [2.05, 4.69) is 34.8 Å². The first-order valence-corrected chi connectivity index (χ1v) is 8.70. The molecule has 0 aliphatic rings. The van der Waals surface area contributed by atoms with Crippen molar-refractivity contribution in [1.82, 2.24) is 16.0 Å². The van der Waals surface area contributed by atoms with E-state index < -0.39 is 11.7 Å². The SMILES string of the molecule is CN=C(NCC(C)C)NCC(NC(=O)OC(C)(C)C)c1ccccc1. The van der Waals surface area contributed by atoms with Gasteiger partial charge in [-0.2, -0.15) is 0 Å². The number of hydrogen-bond donors (Lipinski definition) is 3. The Morgan fingerprint density at radius 1 is 1.12 bits per heavy atom. The molecule has 0 fully saturated rings. The van der Waals surface area contributed by atoms with Crippen molar-refractivity contribution >= 4 is 12.1 Å². The Balaban J connectivity index is 2.74. The molecule has 1 aromatic carbocycles. The van der Waals surface area contributed by atoms with E-state index in [1.165, 1.54) is 0 Å². The highest BCUT2D eigenvalue weighted by molar-refractivity contribution is 5.79. The van der Waals surface area contributed by atoms with Crippen LogP contribution >= 0.6 is 0 Å². The molecule has 1 amide bonds. The average molecular weight is 348 g/mol. The van der Waals surface area contributed by atoms with Gasteiger partial charge >= 0.3 is 6.09 Å². The van der Waals surface area contributed by atoms with Crippen LogP contribution in [0.1, 0.15) is 46.2 Å². The van der Waals surface area contributed by atoms with Gasteiger partial charge in [0.2, 0.25) is 0 Å². The van der Waals surface area contributed by atoms with Crippen molar-refractivity contribution in [2.24, 2.45) is 10.9 Å². The smallest absolute Gasteiger partial charge is 0.408 e. The molecule has 1 aromatic rings. The first-order valence-electron chi connectivity index (χ1n) is 8.70. The monoisotopic (exact) mass is 348 g/mol. The van der Waals surface area contributed by atoms with E-state index in [0.717, 1.165) is 12.1 Å². The lowest BCUT2D eigenvalue weighted by Gasteiger charge is -2.25. The third kappa shape index (κ3) is 8.98. The fraction of sp³-hybridized carbons (Fsp3) is 0.579. The normalized spacial score (nSPS) is 13.3. The van der Waals surface area contributed by atoms with Crippen molar-refractivity contribution in [3.05, 3.63) is 35.9 Å². The van der Waals surface area contributed by atoms with Gasteiger partial charge in [0.05, 0.1) is 6.04 Å². The maximum Gasteiger partial charge on any atom is 0.408 e. The summed E-state index contributed by atoms with van der Waals surface area (Å²) in [5.74, 6) is 1.23. The van der Waals surface area contributed by atoms with Gasteiger partial charge in [0.25, 0.3) is 0 Å². The van der Waals surface area contributed by atoms with Crippen molar-refractivity contribution in [2.75, 3.05) is 20.1 Å². The van der Waals surface area contributed by atoms with Crippen LogP contribution in [0.5, 0.6) is 0 Å². The average Bonchev–Trinajstić information content (AvgIpc) is 2.52. The molecule has 1 atom stereocenters. The molecule has 1 unspecified atom stereocenters. The molecule has 6 nitrogen and oxygen atoms in total. The number of hydrogen-bond acceptors (Lipinski definition) is 3. The number of alkyl carbamates (subject to hydrolysis) is 1. The lowest BCUT2D eigenvalue weighted by atomic mass is 10.1. The minimum absolute atomic E-state index is 0.228. The van der Waals surface area contributed by atoms with E-state index in [-0.39, 0.29) is 6.04 Å². The molecular formula is C19H32N4O2. The molecule has 0 saturated heterocycles. The largest absolute Gasteiger partial charge is 0.444 e.